The van der Waals surface area contributed by atoms with Crippen LogP contribution in [-0.2, 0) is 15.3 Å². The molecule has 2 N–H and O–H groups in total. The molecule has 0 aliphatic carbocycles. The Kier molecular flexibility index (Phi) is 7.76. The predicted molar refractivity (Wildman–Crippen MR) is 112 cm³/mol. The van der Waals surface area contributed by atoms with Gasteiger partial charge in [-0.3, -0.25) is 0 Å². The lowest BCUT2D eigenvalue weighted by molar-refractivity contribution is 0.0188. The molecule has 1 aliphatic heterocycles. The molecule has 9 heteroatoms. The summed E-state index contributed by atoms with van der Waals surface area (Å²) < 4.78 is 25.0. The average Bonchev–Trinajstić information content (AvgIpc) is 2.64. The summed E-state index contributed by atoms with van der Waals surface area (Å²) in [5, 5.41) is 6.49. The van der Waals surface area contributed by atoms with Gasteiger partial charge in [0.25, 0.3) is 5.85 Å². The molecule has 0 bridgehead atoms. The van der Waals surface area contributed by atoms with Gasteiger partial charge in [0.05, 0.1) is 29.9 Å². The van der Waals surface area contributed by atoms with Crippen LogP contribution in [0.1, 0.15) is 5.56 Å². The molecule has 2 aromatic carbocycles. The SMILES string of the molecule is COCCSc1ccc2c(c1)NC=NC2(Nc1ccc(Cl)cc1F)OC.Cl. The van der Waals surface area contributed by atoms with Crippen molar-refractivity contribution in [3.05, 3.63) is 52.8 Å². The summed E-state index contributed by atoms with van der Waals surface area (Å²) in [5.41, 5.74) is 1.85. The van der Waals surface area contributed by atoms with E-state index in [0.717, 1.165) is 21.9 Å². The number of fused-ring (bicyclic) bond motifs is 1. The molecule has 27 heavy (non-hydrogen) atoms. The van der Waals surface area contributed by atoms with Crippen molar-refractivity contribution in [2.75, 3.05) is 37.2 Å². The molecule has 5 nitrogen and oxygen atoms in total. The van der Waals surface area contributed by atoms with E-state index < -0.39 is 11.7 Å². The zero-order valence-corrected chi connectivity index (χ0v) is 17.2. The smallest absolute Gasteiger partial charge is 0.267 e. The normalized spacial score (nSPS) is 17.6. The van der Waals surface area contributed by atoms with Crippen LogP contribution >= 0.6 is 35.8 Å². The van der Waals surface area contributed by atoms with Crippen molar-refractivity contribution in [3.63, 3.8) is 0 Å². The van der Waals surface area contributed by atoms with E-state index in [1.165, 1.54) is 19.5 Å². The van der Waals surface area contributed by atoms with Crippen molar-refractivity contribution in [2.24, 2.45) is 4.99 Å². The maximum atomic E-state index is 14.2. The van der Waals surface area contributed by atoms with Crippen molar-refractivity contribution in [2.45, 2.75) is 10.7 Å². The monoisotopic (exact) mass is 431 g/mol. The number of hydrogen-bond acceptors (Lipinski definition) is 6. The molecule has 3 rings (SSSR count). The summed E-state index contributed by atoms with van der Waals surface area (Å²) in [6.45, 7) is 0.677. The fourth-order valence-corrected chi connectivity index (χ4v) is 3.63. The van der Waals surface area contributed by atoms with Crippen LogP contribution in [0, 0.1) is 5.82 Å². The van der Waals surface area contributed by atoms with Crippen molar-refractivity contribution in [3.8, 4) is 0 Å². The first-order chi connectivity index (χ1) is 12.6. The van der Waals surface area contributed by atoms with E-state index in [0.29, 0.717) is 11.6 Å². The molecule has 1 aliphatic rings. The minimum atomic E-state index is -1.23. The summed E-state index contributed by atoms with van der Waals surface area (Å²) in [4.78, 5) is 5.48. The largest absolute Gasteiger partial charge is 0.384 e. The Labute approximate surface area is 173 Å². The first kappa shape index (κ1) is 21.8. The third kappa shape index (κ3) is 4.86. The zero-order chi connectivity index (χ0) is 18.6. The molecular weight excluding hydrogens is 412 g/mol. The van der Waals surface area contributed by atoms with Crippen molar-refractivity contribution >= 4 is 53.5 Å². The molecule has 2 aromatic rings. The topological polar surface area (TPSA) is 54.9 Å². The molecule has 0 fully saturated rings. The van der Waals surface area contributed by atoms with Gasteiger partial charge in [0.2, 0.25) is 0 Å². The van der Waals surface area contributed by atoms with Gasteiger partial charge < -0.3 is 20.1 Å². The lowest BCUT2D eigenvalue weighted by atomic mass is 10.1. The fraction of sp³-hybridized carbons (Fsp3) is 0.278. The second-order valence-electron chi connectivity index (χ2n) is 5.55. The van der Waals surface area contributed by atoms with Gasteiger partial charge in [-0.2, -0.15) is 0 Å². The second-order valence-corrected chi connectivity index (χ2v) is 7.15. The van der Waals surface area contributed by atoms with Crippen molar-refractivity contribution < 1.29 is 13.9 Å². The quantitative estimate of drug-likeness (QED) is 0.368. The highest BCUT2D eigenvalue weighted by molar-refractivity contribution is 7.99. The predicted octanol–water partition coefficient (Wildman–Crippen LogP) is 4.96. The first-order valence-corrected chi connectivity index (χ1v) is 9.29. The summed E-state index contributed by atoms with van der Waals surface area (Å²) in [5.74, 6) is -0.853. The lowest BCUT2D eigenvalue weighted by Crippen LogP contribution is -2.39. The number of benzene rings is 2. The van der Waals surface area contributed by atoms with Crippen LogP contribution < -0.4 is 10.6 Å². The van der Waals surface area contributed by atoms with Gasteiger partial charge >= 0.3 is 0 Å². The first-order valence-electron chi connectivity index (χ1n) is 7.93. The number of rotatable bonds is 7. The maximum absolute atomic E-state index is 14.2. The van der Waals surface area contributed by atoms with Gasteiger partial charge in [0.15, 0.2) is 0 Å². The van der Waals surface area contributed by atoms with Crippen LogP contribution in [0.4, 0.5) is 15.8 Å². The summed E-state index contributed by atoms with van der Waals surface area (Å²) in [7, 11) is 3.20. The number of halogens is 3. The number of nitrogens with zero attached hydrogens (tertiary/aromatic N) is 1. The molecule has 1 atom stereocenters. The highest BCUT2D eigenvalue weighted by Crippen LogP contribution is 2.38. The van der Waals surface area contributed by atoms with E-state index in [-0.39, 0.29) is 18.1 Å². The molecule has 0 aromatic heterocycles. The minimum absolute atomic E-state index is 0. The van der Waals surface area contributed by atoms with E-state index in [4.69, 9.17) is 21.1 Å². The summed E-state index contributed by atoms with van der Waals surface area (Å²) in [6.07, 6.45) is 1.54. The maximum Gasteiger partial charge on any atom is 0.267 e. The van der Waals surface area contributed by atoms with Gasteiger partial charge in [0, 0.05) is 29.9 Å². The van der Waals surface area contributed by atoms with Gasteiger partial charge in [0.1, 0.15) is 5.82 Å². The molecule has 0 saturated heterocycles. The molecule has 0 spiro atoms. The van der Waals surface area contributed by atoms with Gasteiger partial charge in [-0.1, -0.05) is 11.6 Å². The van der Waals surface area contributed by atoms with Gasteiger partial charge in [-0.15, -0.1) is 24.2 Å². The number of methoxy groups -OCH3 is 2. The number of nitrogens with one attached hydrogen (secondary N) is 2. The van der Waals surface area contributed by atoms with Crippen LogP contribution in [0.5, 0.6) is 0 Å². The third-order valence-corrected chi connectivity index (χ3v) is 5.10. The average molecular weight is 432 g/mol. The van der Waals surface area contributed by atoms with Gasteiger partial charge in [-0.05, 0) is 36.4 Å². The summed E-state index contributed by atoms with van der Waals surface area (Å²) >= 11 is 7.52. The fourth-order valence-electron chi connectivity index (χ4n) is 2.62. The van der Waals surface area contributed by atoms with Crippen molar-refractivity contribution in [1.82, 2.24) is 0 Å². The van der Waals surface area contributed by atoms with E-state index >= 15 is 0 Å². The lowest BCUT2D eigenvalue weighted by Gasteiger charge is -2.34. The number of hydrogen-bond donors (Lipinski definition) is 2. The van der Waals surface area contributed by atoms with E-state index in [1.807, 2.05) is 18.2 Å². The van der Waals surface area contributed by atoms with Crippen LogP contribution in [0.15, 0.2) is 46.3 Å². The molecule has 0 saturated carbocycles. The third-order valence-electron chi connectivity index (χ3n) is 3.91. The Morgan fingerprint density at radius 1 is 1.26 bits per heavy atom. The molecule has 0 radical (unpaired) electrons. The van der Waals surface area contributed by atoms with Crippen LogP contribution in [-0.4, -0.2) is 32.9 Å². The number of thioether (sulfide) groups is 1. The Morgan fingerprint density at radius 3 is 2.78 bits per heavy atom. The molecule has 1 heterocycles. The van der Waals surface area contributed by atoms with E-state index in [1.54, 1.807) is 31.0 Å². The minimum Gasteiger partial charge on any atom is -0.384 e. The number of aliphatic imine (C=N–C) groups is 1. The highest BCUT2D eigenvalue weighted by atomic mass is 35.5. The van der Waals surface area contributed by atoms with Crippen LogP contribution in [0.2, 0.25) is 5.02 Å². The van der Waals surface area contributed by atoms with Gasteiger partial charge in [-0.25, -0.2) is 9.38 Å². The molecule has 1 unspecified atom stereocenters. The number of ether oxygens (including phenoxy) is 2. The van der Waals surface area contributed by atoms with Crippen LogP contribution in [0.3, 0.4) is 0 Å². The highest BCUT2D eigenvalue weighted by Gasteiger charge is 2.36. The van der Waals surface area contributed by atoms with Crippen molar-refractivity contribution in [1.29, 1.82) is 0 Å². The number of anilines is 2. The van der Waals surface area contributed by atoms with E-state index in [2.05, 4.69) is 15.6 Å². The van der Waals surface area contributed by atoms with E-state index in [9.17, 15) is 4.39 Å². The Hall–Kier alpha value is -1.51. The second kappa shape index (κ2) is 9.61. The summed E-state index contributed by atoms with van der Waals surface area (Å²) in [6, 6.07) is 10.3. The van der Waals surface area contributed by atoms with Crippen LogP contribution in [0.25, 0.3) is 0 Å². The zero-order valence-electron chi connectivity index (χ0n) is 14.8. The molecule has 146 valence electrons. The molecule has 0 amide bonds. The molecular formula is C18H20Cl2FN3O2S. The Bertz CT molecular complexity index is 825. The Morgan fingerprint density at radius 2 is 2.07 bits per heavy atom. The standard InChI is InChI=1S/C18H19ClFN3O2S.ClH/c1-24-7-8-26-13-4-5-14-17(10-13)21-11-22-18(14,25-2)23-16-6-3-12(19)9-15(16)20;/h3-6,9-11,23H,7-8H2,1-2H3,(H,21,22);1H. The Balaban J connectivity index is 0.00000261.